The van der Waals surface area contributed by atoms with Gasteiger partial charge in [-0.15, -0.1) is 0 Å². The second-order valence-corrected chi connectivity index (χ2v) is 7.65. The van der Waals surface area contributed by atoms with Crippen LogP contribution in [0.5, 0.6) is 5.75 Å². The van der Waals surface area contributed by atoms with Crippen molar-refractivity contribution in [1.82, 2.24) is 10.3 Å². The molecule has 1 N–H and O–H groups in total. The van der Waals surface area contributed by atoms with E-state index in [4.69, 9.17) is 40.2 Å². The van der Waals surface area contributed by atoms with Gasteiger partial charge in [-0.1, -0.05) is 41.4 Å². The van der Waals surface area contributed by atoms with E-state index in [2.05, 4.69) is 10.3 Å². The van der Waals surface area contributed by atoms with Crippen molar-refractivity contribution in [2.75, 3.05) is 18.7 Å². The van der Waals surface area contributed by atoms with Crippen LogP contribution in [0.2, 0.25) is 10.0 Å². The zero-order valence-corrected chi connectivity index (χ0v) is 18.5. The summed E-state index contributed by atoms with van der Waals surface area (Å²) in [6, 6.07) is 13.5. The fraction of sp³-hybridized carbons (Fsp3) is 0.200. The van der Waals surface area contributed by atoms with Crippen molar-refractivity contribution < 1.29 is 14.3 Å². The molecule has 1 fully saturated rings. The maximum absolute atomic E-state index is 12.9. The Labute approximate surface area is 189 Å². The van der Waals surface area contributed by atoms with Gasteiger partial charge in [0.05, 0.1) is 16.8 Å². The Morgan fingerprint density at radius 1 is 1.23 bits per heavy atom. The molecular weight excluding hydrogens is 447 g/mol. The van der Waals surface area contributed by atoms with Crippen molar-refractivity contribution in [3.63, 3.8) is 0 Å². The number of hydrogen-bond donors (Lipinski definition) is 1. The van der Waals surface area contributed by atoms with E-state index in [0.29, 0.717) is 16.5 Å². The van der Waals surface area contributed by atoms with E-state index < -0.39 is 5.91 Å². The molecule has 0 bridgehead atoms. The molecule has 1 saturated heterocycles. The molecule has 1 unspecified atom stereocenters. The monoisotopic (exact) mass is 464 g/mol. The number of rotatable bonds is 4. The quantitative estimate of drug-likeness (QED) is 0.700. The van der Waals surface area contributed by atoms with Gasteiger partial charge in [-0.05, 0) is 49.5 Å². The van der Waals surface area contributed by atoms with Crippen LogP contribution in [0.1, 0.15) is 6.92 Å². The van der Waals surface area contributed by atoms with Gasteiger partial charge in [0.2, 0.25) is 0 Å². The standard InChI is InChI=1S/C20H18Cl2N4O3S/c1-12-18(19(28)26(25(12)2)14-6-4-3-5-7-14)24-20(30)23-17(27)11-29-16-9-8-13(21)10-15(16)22/h3-10,12H,11H2,1-2H3,(H,23,27,30). The molecule has 2 aromatic rings. The molecule has 3 rings (SSSR count). The van der Waals surface area contributed by atoms with Gasteiger partial charge in [-0.2, -0.15) is 0 Å². The highest BCUT2D eigenvalue weighted by atomic mass is 35.5. The largest absolute Gasteiger partial charge is 0.482 e. The molecule has 0 radical (unpaired) electrons. The van der Waals surface area contributed by atoms with Gasteiger partial charge in [0.15, 0.2) is 11.7 Å². The molecule has 1 atom stereocenters. The van der Waals surface area contributed by atoms with Gasteiger partial charge in [0.1, 0.15) is 11.5 Å². The third-order valence-corrected chi connectivity index (χ3v) is 5.13. The minimum Gasteiger partial charge on any atom is -0.482 e. The molecule has 2 aromatic carbocycles. The maximum atomic E-state index is 12.9. The summed E-state index contributed by atoms with van der Waals surface area (Å²) in [4.78, 5) is 29.2. The third-order valence-electron chi connectivity index (χ3n) is 4.40. The van der Waals surface area contributed by atoms with Crippen LogP contribution in [-0.2, 0) is 9.59 Å². The number of nitrogens with zero attached hydrogens (tertiary/aromatic N) is 3. The maximum Gasteiger partial charge on any atom is 0.289 e. The van der Waals surface area contributed by atoms with Crippen LogP contribution in [0.3, 0.4) is 0 Å². The van der Waals surface area contributed by atoms with Crippen LogP contribution < -0.4 is 15.1 Å². The number of nitrogens with one attached hydrogen (secondary N) is 1. The summed E-state index contributed by atoms with van der Waals surface area (Å²) in [5.41, 5.74) is 0.943. The molecule has 2 amide bonds. The zero-order chi connectivity index (χ0) is 21.8. The van der Waals surface area contributed by atoms with Crippen molar-refractivity contribution in [1.29, 1.82) is 0 Å². The van der Waals surface area contributed by atoms with E-state index in [9.17, 15) is 9.59 Å². The van der Waals surface area contributed by atoms with Crippen LogP contribution in [0.15, 0.2) is 53.5 Å². The van der Waals surface area contributed by atoms with Crippen LogP contribution in [0, 0.1) is 0 Å². The predicted molar refractivity (Wildman–Crippen MR) is 121 cm³/mol. The number of ether oxygens (including phenoxy) is 1. The van der Waals surface area contributed by atoms with E-state index in [1.165, 1.54) is 11.1 Å². The number of anilines is 1. The van der Waals surface area contributed by atoms with E-state index >= 15 is 0 Å². The van der Waals surface area contributed by atoms with Gasteiger partial charge in [-0.25, -0.2) is 15.0 Å². The molecule has 0 aromatic heterocycles. The Morgan fingerprint density at radius 3 is 2.60 bits per heavy atom. The number of aliphatic imine (C=N–C) groups is 1. The second-order valence-electron chi connectivity index (χ2n) is 6.42. The highest BCUT2D eigenvalue weighted by Gasteiger charge is 2.40. The summed E-state index contributed by atoms with van der Waals surface area (Å²) in [5, 5.41) is 6.33. The van der Waals surface area contributed by atoms with Crippen LogP contribution in [0.4, 0.5) is 5.69 Å². The molecule has 1 aliphatic heterocycles. The lowest BCUT2D eigenvalue weighted by Crippen LogP contribution is -2.38. The zero-order valence-electron chi connectivity index (χ0n) is 16.1. The number of para-hydroxylation sites is 1. The molecule has 156 valence electrons. The van der Waals surface area contributed by atoms with Crippen molar-refractivity contribution in [3.05, 3.63) is 58.6 Å². The lowest BCUT2D eigenvalue weighted by molar-refractivity contribution is -0.121. The molecular formula is C20H18Cl2N4O3S. The first kappa shape index (κ1) is 22.2. The summed E-state index contributed by atoms with van der Waals surface area (Å²) in [6.45, 7) is 1.50. The average Bonchev–Trinajstić information content (AvgIpc) is 2.91. The minimum absolute atomic E-state index is 0.121. The topological polar surface area (TPSA) is 74.2 Å². The minimum atomic E-state index is -0.526. The molecule has 0 saturated carbocycles. The molecule has 30 heavy (non-hydrogen) atoms. The predicted octanol–water partition coefficient (Wildman–Crippen LogP) is 3.50. The summed E-state index contributed by atoms with van der Waals surface area (Å²) < 4.78 is 5.36. The van der Waals surface area contributed by atoms with E-state index in [-0.39, 0.29) is 34.4 Å². The van der Waals surface area contributed by atoms with Crippen LogP contribution in [-0.4, -0.2) is 47.3 Å². The fourth-order valence-electron chi connectivity index (χ4n) is 2.82. The number of amides is 2. The molecule has 0 aliphatic carbocycles. The highest BCUT2D eigenvalue weighted by Crippen LogP contribution is 2.27. The number of benzene rings is 2. The second kappa shape index (κ2) is 9.53. The molecule has 10 heteroatoms. The first-order valence-corrected chi connectivity index (χ1v) is 10.1. The normalized spacial score (nSPS) is 18.0. The third kappa shape index (κ3) is 4.96. The summed E-state index contributed by atoms with van der Waals surface area (Å²) >= 11 is 17.0. The van der Waals surface area contributed by atoms with Gasteiger partial charge >= 0.3 is 0 Å². The number of carbonyl (C=O) groups excluding carboxylic acids is 2. The summed E-state index contributed by atoms with van der Waals surface area (Å²) in [7, 11) is 1.78. The average molecular weight is 465 g/mol. The first-order valence-electron chi connectivity index (χ1n) is 8.90. The fourth-order valence-corrected chi connectivity index (χ4v) is 3.49. The van der Waals surface area contributed by atoms with Gasteiger partial charge in [0, 0.05) is 12.1 Å². The lowest BCUT2D eigenvalue weighted by Gasteiger charge is -2.25. The van der Waals surface area contributed by atoms with Gasteiger partial charge in [-0.3, -0.25) is 14.9 Å². The molecule has 1 aliphatic rings. The number of thiocarbonyl (C=S) groups is 1. The van der Waals surface area contributed by atoms with Crippen LogP contribution in [0.25, 0.3) is 0 Å². The summed E-state index contributed by atoms with van der Waals surface area (Å²) in [6.07, 6.45) is 0. The van der Waals surface area contributed by atoms with Crippen molar-refractivity contribution >= 4 is 63.7 Å². The van der Waals surface area contributed by atoms with Crippen molar-refractivity contribution in [2.24, 2.45) is 4.99 Å². The molecule has 7 nitrogen and oxygen atoms in total. The Kier molecular flexibility index (Phi) is 7.04. The lowest BCUT2D eigenvalue weighted by atomic mass is 10.2. The number of halogens is 2. The van der Waals surface area contributed by atoms with Crippen LogP contribution >= 0.6 is 35.4 Å². The Bertz CT molecular complexity index is 1020. The number of hydrogen-bond acceptors (Lipinski definition) is 5. The smallest absolute Gasteiger partial charge is 0.289 e. The first-order chi connectivity index (χ1) is 14.3. The van der Waals surface area contributed by atoms with E-state index in [1.807, 2.05) is 37.3 Å². The van der Waals surface area contributed by atoms with Gasteiger partial charge in [0.25, 0.3) is 11.8 Å². The Hall–Kier alpha value is -2.52. The Balaban J connectivity index is 1.64. The van der Waals surface area contributed by atoms with Gasteiger partial charge < -0.3 is 4.74 Å². The SMILES string of the molecule is CC1C(=NC(=S)NC(=O)COc2ccc(Cl)cc2Cl)C(=O)N(c2ccccc2)N1C. The molecule has 1 heterocycles. The number of hydrazine groups is 1. The van der Waals surface area contributed by atoms with E-state index in [0.717, 1.165) is 0 Å². The Morgan fingerprint density at radius 2 is 1.93 bits per heavy atom. The molecule has 0 spiro atoms. The van der Waals surface area contributed by atoms with E-state index in [1.54, 1.807) is 24.2 Å². The highest BCUT2D eigenvalue weighted by molar-refractivity contribution is 7.80. The number of carbonyl (C=O) groups is 2. The van der Waals surface area contributed by atoms with Crippen molar-refractivity contribution in [2.45, 2.75) is 13.0 Å². The summed E-state index contributed by atoms with van der Waals surface area (Å²) in [5.74, 6) is -0.521. The van der Waals surface area contributed by atoms with Crippen molar-refractivity contribution in [3.8, 4) is 5.75 Å².